The highest BCUT2D eigenvalue weighted by Crippen LogP contribution is 2.28. The van der Waals surface area contributed by atoms with Crippen molar-refractivity contribution in [3.63, 3.8) is 0 Å². The number of likely N-dealkylation sites (tertiary alicyclic amines) is 1. The van der Waals surface area contributed by atoms with Gasteiger partial charge in [-0.1, -0.05) is 41.9 Å². The highest BCUT2D eigenvalue weighted by atomic mass is 35.5. The monoisotopic (exact) mass is 443 g/mol. The maximum Gasteiger partial charge on any atom is 0.409 e. The van der Waals surface area contributed by atoms with Crippen LogP contribution in [0, 0.1) is 0 Å². The Balaban J connectivity index is 1.37. The zero-order valence-corrected chi connectivity index (χ0v) is 17.8. The number of carbonyl (C=O) groups excluding carboxylic acids is 1. The first-order chi connectivity index (χ1) is 15.2. The molecule has 0 N–H and O–H groups in total. The zero-order chi connectivity index (χ0) is 21.6. The summed E-state index contributed by atoms with van der Waals surface area (Å²) in [6, 6.07) is 11.3. The molecule has 1 amide bonds. The van der Waals surface area contributed by atoms with Gasteiger partial charge < -0.3 is 14.4 Å². The maximum atomic E-state index is 11.9. The number of hydrogen-bond donors (Lipinski definition) is 0. The summed E-state index contributed by atoms with van der Waals surface area (Å²) in [6.45, 7) is 3.47. The highest BCUT2D eigenvalue weighted by molar-refractivity contribution is 6.33. The molecule has 1 aromatic carbocycles. The Morgan fingerprint density at radius 2 is 1.94 bits per heavy atom. The van der Waals surface area contributed by atoms with Crippen LogP contribution in [0.4, 0.5) is 4.79 Å². The number of aromatic nitrogens is 6. The molecule has 162 valence electrons. The number of carbonyl (C=O) groups is 1. The second-order valence-corrected chi connectivity index (χ2v) is 7.40. The largest absolute Gasteiger partial charge is 0.468 e. The lowest BCUT2D eigenvalue weighted by Gasteiger charge is -2.31. The molecule has 0 unspecified atom stereocenters. The van der Waals surface area contributed by atoms with Crippen molar-refractivity contribution in [2.75, 3.05) is 19.7 Å². The summed E-state index contributed by atoms with van der Waals surface area (Å²) in [6.07, 6.45) is 1.18. The number of piperidine rings is 1. The van der Waals surface area contributed by atoms with Crippen molar-refractivity contribution < 1.29 is 14.3 Å². The van der Waals surface area contributed by atoms with E-state index in [1.54, 1.807) is 22.6 Å². The molecule has 11 heteroatoms. The van der Waals surface area contributed by atoms with Crippen LogP contribution in [-0.4, -0.2) is 61.1 Å². The molecule has 3 aromatic rings. The lowest BCUT2D eigenvalue weighted by molar-refractivity contribution is 0.0906. The lowest BCUT2D eigenvalue weighted by atomic mass is 10.1. The van der Waals surface area contributed by atoms with Gasteiger partial charge >= 0.3 is 6.09 Å². The molecule has 0 aliphatic carbocycles. The summed E-state index contributed by atoms with van der Waals surface area (Å²) in [5, 5.41) is 20.7. The van der Waals surface area contributed by atoms with Crippen LogP contribution in [0.3, 0.4) is 0 Å². The third-order valence-corrected chi connectivity index (χ3v) is 5.31. The van der Waals surface area contributed by atoms with Crippen LogP contribution in [0.15, 0.2) is 36.4 Å². The smallest absolute Gasteiger partial charge is 0.409 e. The predicted octanol–water partition coefficient (Wildman–Crippen LogP) is 3.16. The van der Waals surface area contributed by atoms with Crippen LogP contribution in [0.1, 0.15) is 31.6 Å². The second kappa shape index (κ2) is 9.69. The normalized spacial score (nSPS) is 14.5. The Morgan fingerprint density at radius 3 is 2.65 bits per heavy atom. The van der Waals surface area contributed by atoms with Gasteiger partial charge in [-0.3, -0.25) is 0 Å². The van der Waals surface area contributed by atoms with E-state index in [4.69, 9.17) is 21.1 Å². The Bertz CT molecular complexity index is 1020. The molecule has 1 saturated heterocycles. The summed E-state index contributed by atoms with van der Waals surface area (Å²) in [7, 11) is 0. The van der Waals surface area contributed by atoms with Gasteiger partial charge in [0.1, 0.15) is 5.69 Å². The fourth-order valence-corrected chi connectivity index (χ4v) is 3.69. The first-order valence-electron chi connectivity index (χ1n) is 10.1. The van der Waals surface area contributed by atoms with Crippen LogP contribution >= 0.6 is 11.6 Å². The molecule has 0 atom stereocenters. The van der Waals surface area contributed by atoms with Crippen molar-refractivity contribution in [1.29, 1.82) is 0 Å². The van der Waals surface area contributed by atoms with E-state index < -0.39 is 0 Å². The van der Waals surface area contributed by atoms with Gasteiger partial charge in [0, 0.05) is 24.7 Å². The van der Waals surface area contributed by atoms with Crippen LogP contribution in [0.5, 0.6) is 5.88 Å². The van der Waals surface area contributed by atoms with E-state index in [1.807, 2.05) is 30.3 Å². The standard InChI is InChI=1S/C20H22ClN7O3/c1-2-30-20(29)27-10-8-15(9-11-27)28-17(22-25-26-28)13-31-18-12-16(21)19(24-23-18)14-6-4-3-5-7-14/h3-7,12,15H,2,8-11,13H2,1H3. The van der Waals surface area contributed by atoms with Crippen molar-refractivity contribution in [3.8, 4) is 17.1 Å². The van der Waals surface area contributed by atoms with Crippen LogP contribution < -0.4 is 4.74 Å². The van der Waals surface area contributed by atoms with Gasteiger partial charge in [-0.05, 0) is 30.2 Å². The average molecular weight is 444 g/mol. The molecule has 1 aliphatic rings. The maximum absolute atomic E-state index is 11.9. The minimum Gasteiger partial charge on any atom is -0.468 e. The van der Waals surface area contributed by atoms with Crippen molar-refractivity contribution >= 4 is 17.7 Å². The quantitative estimate of drug-likeness (QED) is 0.571. The van der Waals surface area contributed by atoms with Crippen LogP contribution in [0.2, 0.25) is 5.02 Å². The van der Waals surface area contributed by atoms with E-state index in [0.717, 1.165) is 18.4 Å². The molecule has 2 aromatic heterocycles. The van der Waals surface area contributed by atoms with E-state index >= 15 is 0 Å². The fourth-order valence-electron chi connectivity index (χ4n) is 3.45. The molecule has 1 fully saturated rings. The van der Waals surface area contributed by atoms with Gasteiger partial charge in [-0.25, -0.2) is 9.48 Å². The Hall–Kier alpha value is -3.27. The number of rotatable bonds is 6. The van der Waals surface area contributed by atoms with Crippen molar-refractivity contribution in [2.45, 2.75) is 32.4 Å². The molecular formula is C20H22ClN7O3. The first-order valence-corrected chi connectivity index (χ1v) is 10.4. The van der Waals surface area contributed by atoms with Crippen molar-refractivity contribution in [3.05, 3.63) is 47.2 Å². The van der Waals surface area contributed by atoms with Crippen molar-refractivity contribution in [2.24, 2.45) is 0 Å². The van der Waals surface area contributed by atoms with Gasteiger partial charge in [-0.2, -0.15) is 0 Å². The van der Waals surface area contributed by atoms with E-state index in [-0.39, 0.29) is 24.6 Å². The summed E-state index contributed by atoms with van der Waals surface area (Å²) < 4.78 is 12.5. The summed E-state index contributed by atoms with van der Waals surface area (Å²) in [4.78, 5) is 13.6. The average Bonchev–Trinajstić information content (AvgIpc) is 3.27. The molecule has 0 bridgehead atoms. The summed E-state index contributed by atoms with van der Waals surface area (Å²) >= 11 is 6.37. The number of benzene rings is 1. The third kappa shape index (κ3) is 4.91. The number of ether oxygens (including phenoxy) is 2. The fraction of sp³-hybridized carbons (Fsp3) is 0.400. The van der Waals surface area contributed by atoms with Crippen LogP contribution in [0.25, 0.3) is 11.3 Å². The number of amides is 1. The number of halogens is 1. The van der Waals surface area contributed by atoms with Gasteiger partial charge in [0.2, 0.25) is 5.88 Å². The van der Waals surface area contributed by atoms with Gasteiger partial charge in [0.15, 0.2) is 12.4 Å². The Kier molecular flexibility index (Phi) is 6.56. The lowest BCUT2D eigenvalue weighted by Crippen LogP contribution is -2.39. The highest BCUT2D eigenvalue weighted by Gasteiger charge is 2.27. The first kappa shape index (κ1) is 21.0. The minimum absolute atomic E-state index is 0.0782. The predicted molar refractivity (Wildman–Crippen MR) is 111 cm³/mol. The zero-order valence-electron chi connectivity index (χ0n) is 17.0. The molecule has 0 radical (unpaired) electrons. The molecule has 4 rings (SSSR count). The summed E-state index contributed by atoms with van der Waals surface area (Å²) in [5.41, 5.74) is 1.47. The molecular weight excluding hydrogens is 422 g/mol. The molecule has 1 aliphatic heterocycles. The van der Waals surface area contributed by atoms with Gasteiger partial charge in [-0.15, -0.1) is 15.3 Å². The SMILES string of the molecule is CCOC(=O)N1CCC(n2nnnc2COc2cc(Cl)c(-c3ccccc3)nn2)CC1. The van der Waals surface area contributed by atoms with Gasteiger partial charge in [0.25, 0.3) is 0 Å². The van der Waals surface area contributed by atoms with E-state index in [1.165, 1.54) is 0 Å². The summed E-state index contributed by atoms with van der Waals surface area (Å²) in [5.74, 6) is 0.857. The Morgan fingerprint density at radius 1 is 1.16 bits per heavy atom. The Labute approximate surface area is 184 Å². The number of hydrogen-bond acceptors (Lipinski definition) is 8. The number of tetrazole rings is 1. The van der Waals surface area contributed by atoms with E-state index in [2.05, 4.69) is 25.7 Å². The van der Waals surface area contributed by atoms with Crippen LogP contribution in [-0.2, 0) is 11.3 Å². The molecule has 0 spiro atoms. The number of nitrogens with zero attached hydrogens (tertiary/aromatic N) is 7. The van der Waals surface area contributed by atoms with Crippen molar-refractivity contribution in [1.82, 2.24) is 35.3 Å². The van der Waals surface area contributed by atoms with Gasteiger partial charge in [0.05, 0.1) is 17.7 Å². The van der Waals surface area contributed by atoms with E-state index in [9.17, 15) is 4.79 Å². The molecule has 0 saturated carbocycles. The second-order valence-electron chi connectivity index (χ2n) is 6.99. The third-order valence-electron chi connectivity index (χ3n) is 5.02. The van der Waals surface area contributed by atoms with E-state index in [0.29, 0.717) is 36.2 Å². The molecule has 3 heterocycles. The topological polar surface area (TPSA) is 108 Å². The molecule has 31 heavy (non-hydrogen) atoms. The molecule has 10 nitrogen and oxygen atoms in total. The minimum atomic E-state index is -0.282.